The third-order valence-electron chi connectivity index (χ3n) is 3.13. The third kappa shape index (κ3) is 2.95. The summed E-state index contributed by atoms with van der Waals surface area (Å²) in [6.45, 7) is 4.21. The average Bonchev–Trinajstić information content (AvgIpc) is 2.33. The van der Waals surface area contributed by atoms with Crippen LogP contribution in [0.2, 0.25) is 0 Å². The Hall–Kier alpha value is -1.09. The average molecular weight is 223 g/mol. The lowest BCUT2D eigenvalue weighted by Crippen LogP contribution is -2.37. The molecule has 0 saturated carbocycles. The summed E-state index contributed by atoms with van der Waals surface area (Å²) in [5.74, 6) is 1.08. The van der Waals surface area contributed by atoms with Crippen molar-refractivity contribution >= 4 is 0 Å². The summed E-state index contributed by atoms with van der Waals surface area (Å²) in [4.78, 5) is 0. The summed E-state index contributed by atoms with van der Waals surface area (Å²) in [6.07, 6.45) is 2.59. The monoisotopic (exact) mass is 223 g/mol. The van der Waals surface area contributed by atoms with Crippen LogP contribution in [0.15, 0.2) is 24.3 Å². The van der Waals surface area contributed by atoms with Crippen molar-refractivity contribution in [3.05, 3.63) is 30.1 Å². The lowest BCUT2D eigenvalue weighted by atomic mass is 9.95. The van der Waals surface area contributed by atoms with E-state index in [1.807, 2.05) is 0 Å². The van der Waals surface area contributed by atoms with E-state index >= 15 is 0 Å². The van der Waals surface area contributed by atoms with Crippen molar-refractivity contribution in [3.8, 4) is 5.75 Å². The fourth-order valence-electron chi connectivity index (χ4n) is 2.10. The number of hydrogen-bond donors (Lipinski definition) is 1. The number of benzene rings is 1. The van der Waals surface area contributed by atoms with Crippen LogP contribution < -0.4 is 10.1 Å². The quantitative estimate of drug-likeness (QED) is 0.850. The van der Waals surface area contributed by atoms with Crippen molar-refractivity contribution in [1.29, 1.82) is 0 Å². The first-order valence-electron chi connectivity index (χ1n) is 5.88. The maximum atomic E-state index is 12.7. The van der Waals surface area contributed by atoms with E-state index in [4.69, 9.17) is 4.74 Å². The second kappa shape index (κ2) is 5.30. The molecule has 0 radical (unpaired) electrons. The fourth-order valence-corrected chi connectivity index (χ4v) is 2.10. The Labute approximate surface area is 95.8 Å². The molecule has 2 unspecified atom stereocenters. The number of piperidine rings is 1. The van der Waals surface area contributed by atoms with Crippen molar-refractivity contribution in [2.45, 2.75) is 25.9 Å². The summed E-state index contributed by atoms with van der Waals surface area (Å²) < 4.78 is 18.5. The molecule has 0 amide bonds. The van der Waals surface area contributed by atoms with E-state index in [-0.39, 0.29) is 11.9 Å². The van der Waals surface area contributed by atoms with Crippen LogP contribution in [0, 0.1) is 11.7 Å². The van der Waals surface area contributed by atoms with E-state index in [2.05, 4.69) is 12.2 Å². The highest BCUT2D eigenvalue weighted by Gasteiger charge is 2.21. The summed E-state index contributed by atoms with van der Waals surface area (Å²) in [5.41, 5.74) is 0. The Kier molecular flexibility index (Phi) is 3.78. The number of ether oxygens (including phenoxy) is 1. The molecule has 0 aromatic heterocycles. The smallest absolute Gasteiger partial charge is 0.123 e. The van der Waals surface area contributed by atoms with Gasteiger partial charge in [-0.2, -0.15) is 0 Å². The van der Waals surface area contributed by atoms with Gasteiger partial charge in [-0.3, -0.25) is 0 Å². The van der Waals surface area contributed by atoms with Crippen LogP contribution in [0.25, 0.3) is 0 Å². The molecule has 1 heterocycles. The van der Waals surface area contributed by atoms with Gasteiger partial charge < -0.3 is 10.1 Å². The third-order valence-corrected chi connectivity index (χ3v) is 3.13. The molecule has 1 fully saturated rings. The zero-order valence-corrected chi connectivity index (χ0v) is 9.58. The molecule has 2 atom stereocenters. The highest BCUT2D eigenvalue weighted by molar-refractivity contribution is 5.22. The Morgan fingerprint density at radius 2 is 2.12 bits per heavy atom. The van der Waals surface area contributed by atoms with E-state index in [9.17, 15) is 4.39 Å². The minimum atomic E-state index is -0.223. The Morgan fingerprint density at radius 1 is 1.38 bits per heavy atom. The van der Waals surface area contributed by atoms with E-state index in [1.54, 1.807) is 12.1 Å². The molecule has 16 heavy (non-hydrogen) atoms. The summed E-state index contributed by atoms with van der Waals surface area (Å²) >= 11 is 0. The van der Waals surface area contributed by atoms with E-state index in [0.29, 0.717) is 5.92 Å². The van der Waals surface area contributed by atoms with Gasteiger partial charge in [0.05, 0.1) is 6.10 Å². The van der Waals surface area contributed by atoms with Crippen molar-refractivity contribution in [2.75, 3.05) is 13.1 Å². The van der Waals surface area contributed by atoms with Gasteiger partial charge in [0, 0.05) is 12.5 Å². The van der Waals surface area contributed by atoms with Gasteiger partial charge in [-0.1, -0.05) is 0 Å². The molecule has 1 saturated heterocycles. The van der Waals surface area contributed by atoms with Crippen molar-refractivity contribution in [3.63, 3.8) is 0 Å². The standard InChI is InChI=1S/C13H18FNO/c1-10(11-3-2-8-15-9-11)16-13-6-4-12(14)5-7-13/h4-7,10-11,15H,2-3,8-9H2,1H3. The molecule has 1 aromatic carbocycles. The van der Waals surface area contributed by atoms with Crippen LogP contribution in [-0.4, -0.2) is 19.2 Å². The fraction of sp³-hybridized carbons (Fsp3) is 0.538. The van der Waals surface area contributed by atoms with Gasteiger partial charge in [0.2, 0.25) is 0 Å². The lowest BCUT2D eigenvalue weighted by molar-refractivity contribution is 0.131. The van der Waals surface area contributed by atoms with Crippen molar-refractivity contribution in [1.82, 2.24) is 5.32 Å². The molecule has 2 rings (SSSR count). The number of hydrogen-bond acceptors (Lipinski definition) is 2. The minimum absolute atomic E-state index is 0.179. The van der Waals surface area contributed by atoms with Crippen LogP contribution in [0.5, 0.6) is 5.75 Å². The first kappa shape index (κ1) is 11.4. The number of nitrogens with one attached hydrogen (secondary N) is 1. The molecule has 3 heteroatoms. The highest BCUT2D eigenvalue weighted by Crippen LogP contribution is 2.20. The van der Waals surface area contributed by atoms with Crippen molar-refractivity contribution < 1.29 is 9.13 Å². The first-order chi connectivity index (χ1) is 7.75. The lowest BCUT2D eigenvalue weighted by Gasteiger charge is -2.28. The van der Waals surface area contributed by atoms with Gasteiger partial charge >= 0.3 is 0 Å². The van der Waals surface area contributed by atoms with E-state index in [0.717, 1.165) is 18.8 Å². The topological polar surface area (TPSA) is 21.3 Å². The van der Waals surface area contributed by atoms with E-state index in [1.165, 1.54) is 25.0 Å². The Bertz CT molecular complexity index is 319. The summed E-state index contributed by atoms with van der Waals surface area (Å²) in [6, 6.07) is 6.23. The van der Waals surface area contributed by atoms with E-state index < -0.39 is 0 Å². The molecule has 0 bridgehead atoms. The first-order valence-corrected chi connectivity index (χ1v) is 5.88. The molecular weight excluding hydrogens is 205 g/mol. The zero-order valence-electron chi connectivity index (χ0n) is 9.58. The molecule has 1 aliphatic heterocycles. The molecule has 1 N–H and O–H groups in total. The SMILES string of the molecule is CC(Oc1ccc(F)cc1)C1CCCNC1. The number of rotatable bonds is 3. The van der Waals surface area contributed by atoms with Gasteiger partial charge in [-0.15, -0.1) is 0 Å². The maximum Gasteiger partial charge on any atom is 0.123 e. The molecule has 2 nitrogen and oxygen atoms in total. The van der Waals surface area contributed by atoms with Gasteiger partial charge in [-0.05, 0) is 50.6 Å². The molecule has 1 aromatic rings. The summed E-state index contributed by atoms with van der Waals surface area (Å²) in [7, 11) is 0. The van der Waals surface area contributed by atoms with Gasteiger partial charge in [-0.25, -0.2) is 4.39 Å². The predicted molar refractivity (Wildman–Crippen MR) is 62.1 cm³/mol. The zero-order chi connectivity index (χ0) is 11.4. The minimum Gasteiger partial charge on any atom is -0.490 e. The normalized spacial score (nSPS) is 22.8. The molecular formula is C13H18FNO. The van der Waals surface area contributed by atoms with Gasteiger partial charge in [0.1, 0.15) is 11.6 Å². The molecule has 88 valence electrons. The number of halogens is 1. The predicted octanol–water partition coefficient (Wildman–Crippen LogP) is 2.59. The molecule has 0 spiro atoms. The largest absolute Gasteiger partial charge is 0.490 e. The Morgan fingerprint density at radius 3 is 2.75 bits per heavy atom. The van der Waals surface area contributed by atoms with Crippen LogP contribution in [0.3, 0.4) is 0 Å². The second-order valence-corrected chi connectivity index (χ2v) is 4.38. The van der Waals surface area contributed by atoms with Crippen LogP contribution in [0.4, 0.5) is 4.39 Å². The Balaban J connectivity index is 1.90. The second-order valence-electron chi connectivity index (χ2n) is 4.38. The van der Waals surface area contributed by atoms with Crippen molar-refractivity contribution in [2.24, 2.45) is 5.92 Å². The van der Waals surface area contributed by atoms with Crippen LogP contribution >= 0.6 is 0 Å². The molecule has 0 aliphatic carbocycles. The molecule has 1 aliphatic rings. The van der Waals surface area contributed by atoms with Gasteiger partial charge in [0.15, 0.2) is 0 Å². The van der Waals surface area contributed by atoms with Gasteiger partial charge in [0.25, 0.3) is 0 Å². The maximum absolute atomic E-state index is 12.7. The summed E-state index contributed by atoms with van der Waals surface area (Å²) in [5, 5.41) is 3.37. The van der Waals surface area contributed by atoms with Crippen LogP contribution in [-0.2, 0) is 0 Å². The highest BCUT2D eigenvalue weighted by atomic mass is 19.1. The van der Waals surface area contributed by atoms with Crippen LogP contribution in [0.1, 0.15) is 19.8 Å².